The van der Waals surface area contributed by atoms with Gasteiger partial charge in [-0.2, -0.15) is 0 Å². The second-order valence-electron chi connectivity index (χ2n) is 8.54. The van der Waals surface area contributed by atoms with E-state index in [1.54, 1.807) is 24.4 Å². The first-order chi connectivity index (χ1) is 17.6. The summed E-state index contributed by atoms with van der Waals surface area (Å²) in [5, 5.41) is 5.50. The highest BCUT2D eigenvalue weighted by molar-refractivity contribution is 6.39. The normalized spacial score (nSPS) is 15.2. The lowest BCUT2D eigenvalue weighted by Gasteiger charge is -2.25. The lowest BCUT2D eigenvalue weighted by Crippen LogP contribution is -2.54. The second-order valence-corrected chi connectivity index (χ2v) is 8.54. The molecule has 2 aromatic heterocycles. The molecule has 7 nitrogen and oxygen atoms in total. The minimum absolute atomic E-state index is 0.119. The van der Waals surface area contributed by atoms with Crippen LogP contribution in [-0.4, -0.2) is 27.4 Å². The van der Waals surface area contributed by atoms with Crippen molar-refractivity contribution in [2.75, 3.05) is 4.90 Å². The second kappa shape index (κ2) is 8.63. The van der Waals surface area contributed by atoms with E-state index in [0.717, 1.165) is 21.4 Å². The lowest BCUT2D eigenvalue weighted by molar-refractivity contribution is -0.122. The number of imide groups is 2. The van der Waals surface area contributed by atoms with Gasteiger partial charge in [0.2, 0.25) is 0 Å². The minimum atomic E-state index is -0.798. The fraction of sp³-hybridized carbons (Fsp3) is 0.0345. The highest BCUT2D eigenvalue weighted by Crippen LogP contribution is 2.28. The van der Waals surface area contributed by atoms with E-state index in [4.69, 9.17) is 0 Å². The molecule has 3 heterocycles. The number of para-hydroxylation sites is 1. The van der Waals surface area contributed by atoms with E-state index in [1.165, 1.54) is 17.0 Å². The first kappa shape index (κ1) is 21.5. The number of anilines is 1. The van der Waals surface area contributed by atoms with Gasteiger partial charge in [-0.3, -0.25) is 19.9 Å². The van der Waals surface area contributed by atoms with Crippen LogP contribution in [0.25, 0.3) is 27.8 Å². The fourth-order valence-corrected chi connectivity index (χ4v) is 4.67. The number of hydrogen-bond acceptors (Lipinski definition) is 4. The van der Waals surface area contributed by atoms with Crippen LogP contribution in [-0.2, 0) is 16.1 Å². The molecule has 3 aromatic carbocycles. The highest BCUT2D eigenvalue weighted by Gasteiger charge is 2.37. The van der Waals surface area contributed by atoms with Crippen molar-refractivity contribution in [2.45, 2.75) is 6.54 Å². The molecule has 0 unspecified atom stereocenters. The highest BCUT2D eigenvalue weighted by atomic mass is 16.2. The summed E-state index contributed by atoms with van der Waals surface area (Å²) < 4.78 is 2.11. The maximum absolute atomic E-state index is 13.3. The molecule has 0 radical (unpaired) electrons. The summed E-state index contributed by atoms with van der Waals surface area (Å²) in [6, 6.07) is 24.7. The molecule has 1 aliphatic rings. The largest absolute Gasteiger partial charge is 0.342 e. The number of pyridine rings is 1. The molecule has 1 aliphatic heterocycles. The van der Waals surface area contributed by atoms with Crippen molar-refractivity contribution >= 4 is 51.3 Å². The third-order valence-corrected chi connectivity index (χ3v) is 6.35. The zero-order valence-corrected chi connectivity index (χ0v) is 19.1. The van der Waals surface area contributed by atoms with Gasteiger partial charge in [0.05, 0.1) is 11.9 Å². The van der Waals surface area contributed by atoms with Gasteiger partial charge in [-0.15, -0.1) is 0 Å². The maximum Gasteiger partial charge on any atom is 0.336 e. The van der Waals surface area contributed by atoms with Crippen molar-refractivity contribution in [3.05, 3.63) is 114 Å². The molecule has 0 aliphatic carbocycles. The van der Waals surface area contributed by atoms with E-state index in [-0.39, 0.29) is 11.3 Å². The number of carbonyl (C=O) groups is 3. The van der Waals surface area contributed by atoms with E-state index in [2.05, 4.69) is 39.1 Å². The number of amides is 4. The Kier molecular flexibility index (Phi) is 5.15. The molecule has 0 bridgehead atoms. The van der Waals surface area contributed by atoms with Crippen LogP contribution in [0.1, 0.15) is 11.1 Å². The molecule has 0 atom stereocenters. The SMILES string of the molecule is O=C1NC(=O)N(c2cccnc2)C(=O)/C1=C/c1cn(Cc2cccc3ccccc23)c2ccccc12. The standard InChI is InChI=1S/C29H20N4O3/c34-27-25(28(35)33(29(36)31-27)22-10-6-14-30-16-22)15-21-18-32(26-13-4-3-12-24(21)26)17-20-9-5-8-19-7-1-2-11-23(19)20/h1-16,18H,17H2,(H,31,34,36)/b25-15+. The van der Waals surface area contributed by atoms with Crippen molar-refractivity contribution in [3.63, 3.8) is 0 Å². The summed E-state index contributed by atoms with van der Waals surface area (Å²) in [4.78, 5) is 43.3. The number of aromatic nitrogens is 2. The molecule has 174 valence electrons. The average Bonchev–Trinajstić information content (AvgIpc) is 3.24. The predicted molar refractivity (Wildman–Crippen MR) is 138 cm³/mol. The van der Waals surface area contributed by atoms with Crippen LogP contribution in [0.15, 0.2) is 103 Å². The Morgan fingerprint density at radius 3 is 2.44 bits per heavy atom. The van der Waals surface area contributed by atoms with Crippen LogP contribution in [0, 0.1) is 0 Å². The molecule has 4 amide bonds. The summed E-state index contributed by atoms with van der Waals surface area (Å²) in [7, 11) is 0. The molecule has 1 saturated heterocycles. The van der Waals surface area contributed by atoms with Gasteiger partial charge < -0.3 is 4.57 Å². The number of nitrogens with zero attached hydrogens (tertiary/aromatic N) is 3. The van der Waals surface area contributed by atoms with Crippen LogP contribution in [0.3, 0.4) is 0 Å². The molecule has 1 fully saturated rings. The summed E-state index contributed by atoms with van der Waals surface area (Å²) in [6.07, 6.45) is 6.43. The summed E-state index contributed by atoms with van der Waals surface area (Å²) in [5.41, 5.74) is 3.02. The number of barbiturate groups is 1. The summed E-state index contributed by atoms with van der Waals surface area (Å²) in [6.45, 7) is 0.617. The number of rotatable bonds is 4. The number of urea groups is 1. The Hall–Kier alpha value is -5.04. The Morgan fingerprint density at radius 1 is 0.833 bits per heavy atom. The molecule has 0 saturated carbocycles. The Morgan fingerprint density at radius 2 is 1.61 bits per heavy atom. The average molecular weight is 473 g/mol. The van der Waals surface area contributed by atoms with Gasteiger partial charge in [-0.1, -0.05) is 60.7 Å². The van der Waals surface area contributed by atoms with Crippen molar-refractivity contribution < 1.29 is 14.4 Å². The Bertz CT molecular complexity index is 1700. The van der Waals surface area contributed by atoms with E-state index in [1.807, 2.05) is 48.7 Å². The number of carbonyl (C=O) groups excluding carboxylic acids is 3. The quantitative estimate of drug-likeness (QED) is 0.298. The predicted octanol–water partition coefficient (Wildman–Crippen LogP) is 4.90. The van der Waals surface area contributed by atoms with Gasteiger partial charge in [0, 0.05) is 35.4 Å². The zero-order valence-electron chi connectivity index (χ0n) is 19.1. The van der Waals surface area contributed by atoms with E-state index >= 15 is 0 Å². The molecule has 5 aromatic rings. The number of hydrogen-bond donors (Lipinski definition) is 1. The fourth-order valence-electron chi connectivity index (χ4n) is 4.67. The van der Waals surface area contributed by atoms with Crippen LogP contribution in [0.4, 0.5) is 10.5 Å². The monoisotopic (exact) mass is 472 g/mol. The van der Waals surface area contributed by atoms with Crippen LogP contribution in [0.5, 0.6) is 0 Å². The lowest BCUT2D eigenvalue weighted by atomic mass is 10.0. The van der Waals surface area contributed by atoms with E-state index in [9.17, 15) is 14.4 Å². The van der Waals surface area contributed by atoms with Crippen molar-refractivity contribution in [1.82, 2.24) is 14.9 Å². The molecular formula is C29H20N4O3. The van der Waals surface area contributed by atoms with E-state index in [0.29, 0.717) is 12.1 Å². The van der Waals surface area contributed by atoms with Crippen LogP contribution < -0.4 is 10.2 Å². The number of fused-ring (bicyclic) bond motifs is 2. The smallest absolute Gasteiger partial charge is 0.336 e. The molecular weight excluding hydrogens is 452 g/mol. The molecule has 1 N–H and O–H groups in total. The first-order valence-electron chi connectivity index (χ1n) is 11.5. The van der Waals surface area contributed by atoms with Gasteiger partial charge in [-0.25, -0.2) is 9.69 Å². The number of nitrogens with one attached hydrogen (secondary N) is 1. The molecule has 0 spiro atoms. The third kappa shape index (κ3) is 3.63. The van der Waals surface area contributed by atoms with Gasteiger partial charge in [-0.05, 0) is 40.6 Å². The van der Waals surface area contributed by atoms with Crippen molar-refractivity contribution in [3.8, 4) is 0 Å². The Balaban J connectivity index is 1.44. The van der Waals surface area contributed by atoms with Gasteiger partial charge in [0.1, 0.15) is 5.57 Å². The van der Waals surface area contributed by atoms with Gasteiger partial charge in [0.15, 0.2) is 0 Å². The van der Waals surface area contributed by atoms with Gasteiger partial charge >= 0.3 is 6.03 Å². The zero-order chi connectivity index (χ0) is 24.6. The third-order valence-electron chi connectivity index (χ3n) is 6.35. The maximum atomic E-state index is 13.3. The van der Waals surface area contributed by atoms with Crippen LogP contribution >= 0.6 is 0 Å². The molecule has 6 rings (SSSR count). The minimum Gasteiger partial charge on any atom is -0.342 e. The number of benzene rings is 3. The van der Waals surface area contributed by atoms with Crippen LogP contribution in [0.2, 0.25) is 0 Å². The summed E-state index contributed by atoms with van der Waals surface area (Å²) >= 11 is 0. The topological polar surface area (TPSA) is 84.3 Å². The molecule has 7 heteroatoms. The van der Waals surface area contributed by atoms with Crippen molar-refractivity contribution in [2.24, 2.45) is 0 Å². The molecule has 36 heavy (non-hydrogen) atoms. The van der Waals surface area contributed by atoms with Crippen molar-refractivity contribution in [1.29, 1.82) is 0 Å². The summed E-state index contributed by atoms with van der Waals surface area (Å²) in [5.74, 6) is -1.42. The van der Waals surface area contributed by atoms with Gasteiger partial charge in [0.25, 0.3) is 11.8 Å². The first-order valence-corrected chi connectivity index (χ1v) is 11.5. The van der Waals surface area contributed by atoms with E-state index < -0.39 is 17.8 Å². The Labute approximate surface area is 206 Å².